The summed E-state index contributed by atoms with van der Waals surface area (Å²) in [5.74, 6) is -1.07. The molecule has 0 saturated carbocycles. The summed E-state index contributed by atoms with van der Waals surface area (Å²) in [4.78, 5) is 3.33. The van der Waals surface area contributed by atoms with E-state index in [4.69, 9.17) is 0 Å². The van der Waals surface area contributed by atoms with Crippen molar-refractivity contribution >= 4 is 26.5 Å². The maximum Gasteiger partial charge on any atom is 0.452 e. The fraction of sp³-hybridized carbons (Fsp3) is 0.750. The van der Waals surface area contributed by atoms with Gasteiger partial charge in [-0.2, -0.15) is 22.5 Å². The van der Waals surface area contributed by atoms with Crippen LogP contribution in [0.1, 0.15) is 18.7 Å². The Balaban J connectivity index is 1.97. The second kappa shape index (κ2) is 4.65. The molecule has 1 aromatic rings. The van der Waals surface area contributed by atoms with Crippen molar-refractivity contribution in [1.82, 2.24) is 9.36 Å². The summed E-state index contributed by atoms with van der Waals surface area (Å²) < 4.78 is 62.3. The molecule has 5 nitrogen and oxygen atoms in total. The fourth-order valence-corrected chi connectivity index (χ4v) is 3.76. The molecule has 1 aliphatic rings. The Morgan fingerprint density at radius 3 is 2.39 bits per heavy atom. The summed E-state index contributed by atoms with van der Waals surface area (Å²) in [5, 5.41) is 2.87. The number of hydrogen-bond donors (Lipinski definition) is 1. The van der Waals surface area contributed by atoms with Crippen molar-refractivity contribution < 1.29 is 21.6 Å². The lowest BCUT2D eigenvalue weighted by atomic mass is 10.2. The van der Waals surface area contributed by atoms with Crippen LogP contribution in [0.2, 0.25) is 0 Å². The molecule has 1 saturated heterocycles. The van der Waals surface area contributed by atoms with E-state index in [0.717, 1.165) is 0 Å². The standard InChI is InChI=1S/C8H10F3N3O2S2/c9-8(10,11)6-13-7(17-14-6)12-5-1-3-18(15,16)4-2-5/h5H,1-4H2,(H,12,13,14). The van der Waals surface area contributed by atoms with Crippen LogP contribution in [0.15, 0.2) is 0 Å². The maximum absolute atomic E-state index is 12.3. The fourth-order valence-electron chi connectivity index (χ4n) is 1.61. The van der Waals surface area contributed by atoms with Crippen LogP contribution in [0, 0.1) is 0 Å². The third-order valence-electron chi connectivity index (χ3n) is 2.56. The van der Waals surface area contributed by atoms with Crippen LogP contribution in [0.4, 0.5) is 18.3 Å². The normalized spacial score (nSPS) is 20.8. The largest absolute Gasteiger partial charge is 0.452 e. The van der Waals surface area contributed by atoms with Gasteiger partial charge in [-0.15, -0.1) is 0 Å². The molecule has 0 unspecified atom stereocenters. The Labute approximate surface area is 106 Å². The summed E-state index contributed by atoms with van der Waals surface area (Å²) in [5.41, 5.74) is 0. The van der Waals surface area contributed by atoms with Gasteiger partial charge in [-0.3, -0.25) is 0 Å². The second-order valence-corrected chi connectivity index (χ2v) is 7.05. The van der Waals surface area contributed by atoms with Crippen LogP contribution in [0.5, 0.6) is 0 Å². The number of nitrogens with zero attached hydrogens (tertiary/aromatic N) is 2. The third-order valence-corrected chi connectivity index (χ3v) is 4.92. The van der Waals surface area contributed by atoms with E-state index in [1.54, 1.807) is 0 Å². The van der Waals surface area contributed by atoms with Gasteiger partial charge in [-0.1, -0.05) is 0 Å². The molecule has 0 spiro atoms. The van der Waals surface area contributed by atoms with Gasteiger partial charge in [0.05, 0.1) is 11.5 Å². The van der Waals surface area contributed by atoms with Gasteiger partial charge in [0.1, 0.15) is 9.84 Å². The number of alkyl halides is 3. The Morgan fingerprint density at radius 1 is 1.28 bits per heavy atom. The first-order chi connectivity index (χ1) is 8.26. The average Bonchev–Trinajstić information content (AvgIpc) is 2.69. The van der Waals surface area contributed by atoms with Gasteiger partial charge >= 0.3 is 6.18 Å². The van der Waals surface area contributed by atoms with Crippen molar-refractivity contribution in [2.24, 2.45) is 0 Å². The molecular weight excluding hydrogens is 291 g/mol. The molecule has 2 rings (SSSR count). The van der Waals surface area contributed by atoms with Crippen LogP contribution >= 0.6 is 11.5 Å². The van der Waals surface area contributed by atoms with Crippen molar-refractivity contribution in [2.75, 3.05) is 16.8 Å². The van der Waals surface area contributed by atoms with Gasteiger partial charge in [0, 0.05) is 17.6 Å². The molecule has 1 N–H and O–H groups in total. The van der Waals surface area contributed by atoms with E-state index in [2.05, 4.69) is 14.7 Å². The van der Waals surface area contributed by atoms with E-state index in [0.29, 0.717) is 24.4 Å². The lowest BCUT2D eigenvalue weighted by molar-refractivity contribution is -0.144. The second-order valence-electron chi connectivity index (χ2n) is 3.99. The molecule has 0 aromatic carbocycles. The highest BCUT2D eigenvalue weighted by atomic mass is 32.2. The van der Waals surface area contributed by atoms with Gasteiger partial charge in [0.2, 0.25) is 11.0 Å². The van der Waals surface area contributed by atoms with E-state index in [9.17, 15) is 21.6 Å². The predicted octanol–water partition coefficient (Wildman–Crippen LogP) is 1.55. The van der Waals surface area contributed by atoms with Gasteiger partial charge in [0.15, 0.2) is 0 Å². The molecule has 1 aromatic heterocycles. The SMILES string of the molecule is O=S1(=O)CCC(Nc2nc(C(F)(F)F)ns2)CC1. The first-order valence-electron chi connectivity index (χ1n) is 5.14. The van der Waals surface area contributed by atoms with Crippen LogP contribution in [-0.2, 0) is 16.0 Å². The van der Waals surface area contributed by atoms with Crippen molar-refractivity contribution in [3.05, 3.63) is 5.82 Å². The monoisotopic (exact) mass is 301 g/mol. The summed E-state index contributed by atoms with van der Waals surface area (Å²) in [6.07, 6.45) is -3.79. The highest BCUT2D eigenvalue weighted by Crippen LogP contribution is 2.29. The number of hydrogen-bond acceptors (Lipinski definition) is 6. The average molecular weight is 301 g/mol. The Hall–Kier alpha value is -0.900. The highest BCUT2D eigenvalue weighted by Gasteiger charge is 2.36. The first-order valence-corrected chi connectivity index (χ1v) is 7.74. The lowest BCUT2D eigenvalue weighted by Gasteiger charge is -2.22. The number of aromatic nitrogens is 2. The zero-order valence-corrected chi connectivity index (χ0v) is 10.7. The molecule has 2 heterocycles. The Bertz CT molecular complexity index is 512. The number of anilines is 1. The molecule has 102 valence electrons. The van der Waals surface area contributed by atoms with E-state index in [-0.39, 0.29) is 22.7 Å². The van der Waals surface area contributed by atoms with E-state index in [1.807, 2.05) is 0 Å². The lowest BCUT2D eigenvalue weighted by Crippen LogP contribution is -2.32. The molecule has 0 bridgehead atoms. The third kappa shape index (κ3) is 3.31. The molecule has 0 atom stereocenters. The summed E-state index contributed by atoms with van der Waals surface area (Å²) >= 11 is 0.628. The van der Waals surface area contributed by atoms with Gasteiger partial charge in [0.25, 0.3) is 0 Å². The van der Waals surface area contributed by atoms with E-state index in [1.165, 1.54) is 0 Å². The molecule has 1 fully saturated rings. The summed E-state index contributed by atoms with van der Waals surface area (Å²) in [6, 6.07) is -0.164. The van der Waals surface area contributed by atoms with Crippen molar-refractivity contribution in [1.29, 1.82) is 0 Å². The topological polar surface area (TPSA) is 72.0 Å². The molecular formula is C8H10F3N3O2S2. The smallest absolute Gasteiger partial charge is 0.357 e. The van der Waals surface area contributed by atoms with Crippen molar-refractivity contribution in [3.8, 4) is 0 Å². The molecule has 1 aliphatic heterocycles. The Morgan fingerprint density at radius 2 is 1.89 bits per heavy atom. The minimum Gasteiger partial charge on any atom is -0.357 e. The number of nitrogens with one attached hydrogen (secondary N) is 1. The molecule has 0 radical (unpaired) electrons. The molecule has 10 heteroatoms. The number of rotatable bonds is 2. The number of sulfone groups is 1. The van der Waals surface area contributed by atoms with Crippen LogP contribution in [0.25, 0.3) is 0 Å². The predicted molar refractivity (Wildman–Crippen MR) is 60.2 cm³/mol. The highest BCUT2D eigenvalue weighted by molar-refractivity contribution is 7.91. The zero-order valence-electron chi connectivity index (χ0n) is 9.07. The van der Waals surface area contributed by atoms with Gasteiger partial charge in [-0.05, 0) is 12.8 Å². The minimum atomic E-state index is -4.55. The first kappa shape index (κ1) is 13.5. The van der Waals surface area contributed by atoms with E-state index < -0.39 is 21.8 Å². The van der Waals surface area contributed by atoms with E-state index >= 15 is 0 Å². The molecule has 18 heavy (non-hydrogen) atoms. The minimum absolute atomic E-state index is 0.0512. The van der Waals surface area contributed by atoms with Crippen LogP contribution in [0.3, 0.4) is 0 Å². The molecule has 0 aliphatic carbocycles. The van der Waals surface area contributed by atoms with Gasteiger partial charge < -0.3 is 5.32 Å². The van der Waals surface area contributed by atoms with Crippen LogP contribution < -0.4 is 5.32 Å². The Kier molecular flexibility index (Phi) is 3.49. The van der Waals surface area contributed by atoms with Crippen molar-refractivity contribution in [2.45, 2.75) is 25.1 Å². The quantitative estimate of drug-likeness (QED) is 0.897. The van der Waals surface area contributed by atoms with Gasteiger partial charge in [-0.25, -0.2) is 8.42 Å². The zero-order chi connectivity index (χ0) is 13.4. The summed E-state index contributed by atoms with van der Waals surface area (Å²) in [6.45, 7) is 0. The molecule has 0 amide bonds. The summed E-state index contributed by atoms with van der Waals surface area (Å²) in [7, 11) is -2.98. The van der Waals surface area contributed by atoms with Crippen LogP contribution in [-0.4, -0.2) is 35.3 Å². The maximum atomic E-state index is 12.3. The number of halogens is 3. The van der Waals surface area contributed by atoms with Crippen molar-refractivity contribution in [3.63, 3.8) is 0 Å².